The van der Waals surface area contributed by atoms with Gasteiger partial charge in [-0.1, -0.05) is 24.3 Å². The van der Waals surface area contributed by atoms with Crippen molar-refractivity contribution < 1.29 is 14.6 Å². The van der Waals surface area contributed by atoms with Gasteiger partial charge in [-0.2, -0.15) is 0 Å². The van der Waals surface area contributed by atoms with Gasteiger partial charge >= 0.3 is 0 Å². The molecule has 0 amide bonds. The summed E-state index contributed by atoms with van der Waals surface area (Å²) in [7, 11) is 0. The first kappa shape index (κ1) is 17.7. The van der Waals surface area contributed by atoms with Crippen LogP contribution >= 0.6 is 11.3 Å². The Morgan fingerprint density at radius 1 is 1.07 bits per heavy atom. The number of para-hydroxylation sites is 1. The second kappa shape index (κ2) is 7.52. The van der Waals surface area contributed by atoms with E-state index in [1.165, 1.54) is 0 Å². The van der Waals surface area contributed by atoms with E-state index in [9.17, 15) is 10.2 Å². The zero-order chi connectivity index (χ0) is 18.8. The topological polar surface area (TPSA) is 78.5 Å². The van der Waals surface area contributed by atoms with Crippen LogP contribution in [0.2, 0.25) is 0 Å². The maximum atomic E-state index is 10.4. The van der Waals surface area contributed by atoms with Gasteiger partial charge in [0.25, 0.3) is 0 Å². The predicted octanol–water partition coefficient (Wildman–Crippen LogP) is 4.47. The van der Waals surface area contributed by atoms with Crippen LogP contribution < -0.4 is 5.32 Å². The molecule has 0 unspecified atom stereocenters. The van der Waals surface area contributed by atoms with E-state index < -0.39 is 6.10 Å². The summed E-state index contributed by atoms with van der Waals surface area (Å²) in [6, 6.07) is 18.3. The summed E-state index contributed by atoms with van der Waals surface area (Å²) in [5.41, 5.74) is 1.72. The zero-order valence-corrected chi connectivity index (χ0v) is 15.6. The predicted molar refractivity (Wildman–Crippen MR) is 107 cm³/mol. The molecule has 0 radical (unpaired) electrons. The van der Waals surface area contributed by atoms with E-state index in [0.717, 1.165) is 32.3 Å². The van der Waals surface area contributed by atoms with Gasteiger partial charge in [0.1, 0.15) is 11.5 Å². The Bertz CT molecular complexity index is 1010. The molecule has 2 heterocycles. The second-order valence-electron chi connectivity index (χ2n) is 6.46. The highest BCUT2D eigenvalue weighted by atomic mass is 32.1. The fourth-order valence-corrected chi connectivity index (χ4v) is 3.83. The Morgan fingerprint density at radius 2 is 1.85 bits per heavy atom. The monoisotopic (exact) mass is 380 g/mol. The van der Waals surface area contributed by atoms with E-state index >= 15 is 0 Å². The molecule has 27 heavy (non-hydrogen) atoms. The van der Waals surface area contributed by atoms with Gasteiger partial charge in [0, 0.05) is 6.04 Å². The molecule has 0 aliphatic heterocycles. The lowest BCUT2D eigenvalue weighted by molar-refractivity contribution is 0.134. The Hall–Kier alpha value is -2.67. The third kappa shape index (κ3) is 3.88. The van der Waals surface area contributed by atoms with Gasteiger partial charge in [0.05, 0.1) is 22.9 Å². The van der Waals surface area contributed by atoms with Crippen molar-refractivity contribution in [1.82, 2.24) is 10.3 Å². The molecule has 2 aromatic heterocycles. The van der Waals surface area contributed by atoms with Crippen molar-refractivity contribution in [2.24, 2.45) is 0 Å². The van der Waals surface area contributed by atoms with Crippen molar-refractivity contribution in [2.45, 2.75) is 25.6 Å². The molecule has 2 aromatic carbocycles. The molecule has 138 valence electrons. The van der Waals surface area contributed by atoms with Crippen LogP contribution in [0.25, 0.3) is 21.0 Å². The molecule has 0 bridgehead atoms. The van der Waals surface area contributed by atoms with Crippen LogP contribution in [0.1, 0.15) is 24.4 Å². The normalized spacial score (nSPS) is 13.7. The minimum atomic E-state index is -0.677. The lowest BCUT2D eigenvalue weighted by Crippen LogP contribution is -2.31. The molecular formula is C21H20N2O3S. The average Bonchev–Trinajstić information content (AvgIpc) is 3.32. The molecule has 4 rings (SSSR count). The van der Waals surface area contributed by atoms with Crippen molar-refractivity contribution in [3.63, 3.8) is 0 Å². The number of rotatable bonds is 6. The molecule has 3 N–H and O–H groups in total. The fraction of sp³-hybridized carbons (Fsp3) is 0.190. The number of nitrogens with one attached hydrogen (secondary N) is 1. The van der Waals surface area contributed by atoms with Crippen LogP contribution in [0.5, 0.6) is 5.75 Å². The van der Waals surface area contributed by atoms with Gasteiger partial charge in [-0.3, -0.25) is 0 Å². The number of hydrogen-bond acceptors (Lipinski definition) is 6. The SMILES string of the molecule is C[C@H](NCc1ccc(-c2nc3ccccc3s2)o1)[C@@H](O)c1ccc(O)cc1. The molecule has 0 aliphatic carbocycles. The molecule has 4 aromatic rings. The maximum absolute atomic E-state index is 10.4. The van der Waals surface area contributed by atoms with Gasteiger partial charge in [0.2, 0.25) is 0 Å². The van der Waals surface area contributed by atoms with Crippen molar-refractivity contribution in [2.75, 3.05) is 0 Å². The summed E-state index contributed by atoms with van der Waals surface area (Å²) < 4.78 is 7.06. The van der Waals surface area contributed by atoms with Crippen molar-refractivity contribution >= 4 is 21.6 Å². The number of hydrogen-bond donors (Lipinski definition) is 3. The first-order valence-corrected chi connectivity index (χ1v) is 9.57. The molecule has 0 fully saturated rings. The van der Waals surface area contributed by atoms with E-state index in [0.29, 0.717) is 6.54 Å². The summed E-state index contributed by atoms with van der Waals surface area (Å²) in [5.74, 6) is 1.72. The largest absolute Gasteiger partial charge is 0.508 e. The number of fused-ring (bicyclic) bond motifs is 1. The molecule has 2 atom stereocenters. The molecule has 0 saturated carbocycles. The lowest BCUT2D eigenvalue weighted by Gasteiger charge is -2.20. The van der Waals surface area contributed by atoms with Crippen LogP contribution in [-0.4, -0.2) is 21.2 Å². The van der Waals surface area contributed by atoms with E-state index in [1.807, 2.05) is 43.3 Å². The lowest BCUT2D eigenvalue weighted by atomic mass is 10.0. The standard InChI is InChI=1S/C21H20N2O3S/c1-13(20(25)14-6-8-15(24)9-7-14)22-12-16-10-11-18(26-16)21-23-17-4-2-3-5-19(17)27-21/h2-11,13,20,22,24-25H,12H2,1H3/t13-,20+/m0/s1. The first-order valence-electron chi connectivity index (χ1n) is 8.75. The van der Waals surface area contributed by atoms with E-state index in [2.05, 4.69) is 10.3 Å². The third-order valence-electron chi connectivity index (χ3n) is 4.47. The van der Waals surface area contributed by atoms with Gasteiger partial charge in [-0.25, -0.2) is 4.98 Å². The first-order chi connectivity index (χ1) is 13.1. The summed E-state index contributed by atoms with van der Waals surface area (Å²) in [6.07, 6.45) is -0.677. The van der Waals surface area contributed by atoms with Gasteiger partial charge in [-0.15, -0.1) is 11.3 Å². The van der Waals surface area contributed by atoms with Crippen LogP contribution in [-0.2, 0) is 6.54 Å². The number of phenols is 1. The highest BCUT2D eigenvalue weighted by Gasteiger charge is 2.17. The number of aliphatic hydroxyl groups excluding tert-OH is 1. The molecule has 5 nitrogen and oxygen atoms in total. The highest BCUT2D eigenvalue weighted by molar-refractivity contribution is 7.21. The van der Waals surface area contributed by atoms with E-state index in [1.54, 1.807) is 35.6 Å². The maximum Gasteiger partial charge on any atom is 0.163 e. The minimum absolute atomic E-state index is 0.175. The second-order valence-corrected chi connectivity index (χ2v) is 7.49. The van der Waals surface area contributed by atoms with Crippen LogP contribution in [0.4, 0.5) is 0 Å². The Kier molecular flexibility index (Phi) is 4.94. The molecule has 6 heteroatoms. The fourth-order valence-electron chi connectivity index (χ4n) is 2.90. The minimum Gasteiger partial charge on any atom is -0.508 e. The number of aliphatic hydroxyl groups is 1. The molecular weight excluding hydrogens is 360 g/mol. The number of phenolic OH excluding ortho intramolecular Hbond substituents is 1. The number of thiazole rings is 1. The summed E-state index contributed by atoms with van der Waals surface area (Å²) in [5, 5.41) is 23.9. The number of benzene rings is 2. The Balaban J connectivity index is 1.41. The smallest absolute Gasteiger partial charge is 0.163 e. The van der Waals surface area contributed by atoms with Gasteiger partial charge in [0.15, 0.2) is 10.8 Å². The van der Waals surface area contributed by atoms with Crippen molar-refractivity contribution in [3.05, 3.63) is 72.0 Å². The van der Waals surface area contributed by atoms with Crippen molar-refractivity contribution in [3.8, 4) is 16.5 Å². The van der Waals surface area contributed by atoms with Crippen molar-refractivity contribution in [1.29, 1.82) is 0 Å². The zero-order valence-electron chi connectivity index (χ0n) is 14.8. The van der Waals surface area contributed by atoms with Crippen LogP contribution in [0, 0.1) is 0 Å². The number of aromatic hydroxyl groups is 1. The number of furan rings is 1. The number of nitrogens with zero attached hydrogens (tertiary/aromatic N) is 1. The summed E-state index contributed by atoms with van der Waals surface area (Å²) in [4.78, 5) is 4.61. The summed E-state index contributed by atoms with van der Waals surface area (Å²) in [6.45, 7) is 2.41. The van der Waals surface area contributed by atoms with Crippen LogP contribution in [0.15, 0.2) is 65.1 Å². The highest BCUT2D eigenvalue weighted by Crippen LogP contribution is 2.31. The molecule has 0 aliphatic rings. The van der Waals surface area contributed by atoms with Crippen LogP contribution in [0.3, 0.4) is 0 Å². The number of aromatic nitrogens is 1. The Labute approximate surface area is 160 Å². The summed E-state index contributed by atoms with van der Waals surface area (Å²) >= 11 is 1.61. The average molecular weight is 380 g/mol. The van der Waals surface area contributed by atoms with E-state index in [-0.39, 0.29) is 11.8 Å². The quantitative estimate of drug-likeness (QED) is 0.460. The third-order valence-corrected chi connectivity index (χ3v) is 5.52. The van der Waals surface area contributed by atoms with Gasteiger partial charge < -0.3 is 19.9 Å². The molecule has 0 spiro atoms. The van der Waals surface area contributed by atoms with Gasteiger partial charge in [-0.05, 0) is 48.9 Å². The Morgan fingerprint density at radius 3 is 2.63 bits per heavy atom. The van der Waals surface area contributed by atoms with E-state index in [4.69, 9.17) is 4.42 Å². The molecule has 0 saturated heterocycles.